The van der Waals surface area contributed by atoms with Gasteiger partial charge in [0.15, 0.2) is 29.0 Å². The normalized spacial score (nSPS) is 21.0. The van der Waals surface area contributed by atoms with E-state index in [1.807, 2.05) is 62.4 Å². The van der Waals surface area contributed by atoms with Crippen LogP contribution in [-0.4, -0.2) is 82.5 Å². The van der Waals surface area contributed by atoms with E-state index in [1.54, 1.807) is 24.9 Å². The highest BCUT2D eigenvalue weighted by Crippen LogP contribution is 2.44. The van der Waals surface area contributed by atoms with Crippen LogP contribution in [0.5, 0.6) is 11.5 Å². The molecule has 0 spiro atoms. The van der Waals surface area contributed by atoms with E-state index in [0.717, 1.165) is 22.6 Å². The first-order valence-electron chi connectivity index (χ1n) is 15.6. The van der Waals surface area contributed by atoms with Gasteiger partial charge in [-0.15, -0.1) is 0 Å². The van der Waals surface area contributed by atoms with Gasteiger partial charge in [-0.25, -0.2) is 19.7 Å². The summed E-state index contributed by atoms with van der Waals surface area (Å²) in [4.78, 5) is 37.3. The minimum Gasteiger partial charge on any atom is -0.497 e. The maximum absolute atomic E-state index is 12.2. The monoisotopic (exact) mass is 662 g/mol. The summed E-state index contributed by atoms with van der Waals surface area (Å²) in [6.07, 6.45) is -0.118. The molecule has 2 aliphatic heterocycles. The summed E-state index contributed by atoms with van der Waals surface area (Å²) in [6, 6.07) is 15.6. The van der Waals surface area contributed by atoms with Crippen LogP contribution in [0.1, 0.15) is 38.1 Å². The second-order valence-corrected chi connectivity index (χ2v) is 11.6. The molecule has 2 aromatic carbocycles. The molecule has 2 unspecified atom stereocenters. The number of nitrogens with one attached hydrogen (secondary N) is 2. The number of rotatable bonds is 13. The van der Waals surface area contributed by atoms with Gasteiger partial charge >= 0.3 is 12.1 Å². The summed E-state index contributed by atoms with van der Waals surface area (Å²) < 4.78 is 41.7. The van der Waals surface area contributed by atoms with Crippen LogP contribution in [0.15, 0.2) is 61.2 Å². The quantitative estimate of drug-likeness (QED) is 0.199. The van der Waals surface area contributed by atoms with Gasteiger partial charge in [-0.05, 0) is 56.2 Å². The highest BCUT2D eigenvalue weighted by Gasteiger charge is 2.56. The first-order chi connectivity index (χ1) is 23.2. The molecular formula is C33H38N6O9. The van der Waals surface area contributed by atoms with Gasteiger partial charge in [0, 0.05) is 6.54 Å². The molecule has 15 nitrogen and oxygen atoms in total. The third kappa shape index (κ3) is 7.59. The van der Waals surface area contributed by atoms with E-state index in [2.05, 4.69) is 25.6 Å². The number of benzene rings is 2. The Balaban J connectivity index is 1.08. The van der Waals surface area contributed by atoms with Crippen LogP contribution in [0.3, 0.4) is 0 Å². The Kier molecular flexibility index (Phi) is 9.89. The SMILES string of the molecule is CCOC(=O)CNC(=O)OC[C@H]1O[C@@H](n2cnc3c(NCc4ccc(OCc5ccc(OC)cc5)cc4)ncnc32)C2OC(C)(C)OC21. The molecule has 2 fully saturated rings. The van der Waals surface area contributed by atoms with E-state index in [1.165, 1.54) is 6.33 Å². The van der Waals surface area contributed by atoms with E-state index < -0.39 is 42.4 Å². The Labute approximate surface area is 276 Å². The van der Waals surface area contributed by atoms with E-state index in [9.17, 15) is 9.59 Å². The van der Waals surface area contributed by atoms with Gasteiger partial charge in [-0.3, -0.25) is 9.36 Å². The van der Waals surface area contributed by atoms with Crippen molar-refractivity contribution >= 4 is 29.0 Å². The predicted octanol–water partition coefficient (Wildman–Crippen LogP) is 3.73. The Bertz CT molecular complexity index is 1710. The molecule has 1 amide bonds. The second-order valence-electron chi connectivity index (χ2n) is 11.6. The number of amides is 1. The summed E-state index contributed by atoms with van der Waals surface area (Å²) in [6.45, 7) is 6.01. The average molecular weight is 663 g/mol. The number of imidazole rings is 1. The molecule has 254 valence electrons. The third-order valence-corrected chi connectivity index (χ3v) is 7.77. The number of carbonyl (C=O) groups excluding carboxylic acids is 2. The Morgan fingerprint density at radius 2 is 1.67 bits per heavy atom. The molecule has 2 N–H and O–H groups in total. The first kappa shape index (κ1) is 32.9. The van der Waals surface area contributed by atoms with Crippen molar-refractivity contribution in [3.05, 3.63) is 72.3 Å². The maximum atomic E-state index is 12.2. The number of hydrogen-bond acceptors (Lipinski definition) is 13. The van der Waals surface area contributed by atoms with Crippen LogP contribution >= 0.6 is 0 Å². The lowest BCUT2D eigenvalue weighted by Gasteiger charge is -2.24. The molecule has 48 heavy (non-hydrogen) atoms. The zero-order valence-electron chi connectivity index (χ0n) is 27.1. The Hall–Kier alpha value is -4.99. The van der Waals surface area contributed by atoms with Crippen molar-refractivity contribution in [2.45, 2.75) is 64.2 Å². The molecule has 4 aromatic rings. The Morgan fingerprint density at radius 1 is 0.938 bits per heavy atom. The molecule has 2 aromatic heterocycles. The van der Waals surface area contributed by atoms with Crippen LogP contribution in [0.4, 0.5) is 10.6 Å². The number of aromatic nitrogens is 4. The number of fused-ring (bicyclic) bond motifs is 2. The maximum Gasteiger partial charge on any atom is 0.407 e. The molecule has 2 saturated heterocycles. The number of nitrogens with zero attached hydrogens (tertiary/aromatic N) is 4. The zero-order valence-corrected chi connectivity index (χ0v) is 27.1. The topological polar surface area (TPSA) is 166 Å². The van der Waals surface area contributed by atoms with Crippen LogP contribution in [0, 0.1) is 0 Å². The van der Waals surface area contributed by atoms with Crippen LogP contribution < -0.4 is 20.1 Å². The van der Waals surface area contributed by atoms with Gasteiger partial charge in [0.25, 0.3) is 0 Å². The van der Waals surface area contributed by atoms with Gasteiger partial charge in [-0.1, -0.05) is 24.3 Å². The summed E-state index contributed by atoms with van der Waals surface area (Å²) in [5.74, 6) is 0.659. The van der Waals surface area contributed by atoms with Crippen LogP contribution in [-0.2, 0) is 41.6 Å². The van der Waals surface area contributed by atoms with Gasteiger partial charge in [0.1, 0.15) is 55.9 Å². The highest BCUT2D eigenvalue weighted by molar-refractivity contribution is 5.82. The van der Waals surface area contributed by atoms with Gasteiger partial charge < -0.3 is 43.8 Å². The number of alkyl carbamates (subject to hydrolysis) is 1. The average Bonchev–Trinajstić information content (AvgIpc) is 3.76. The molecule has 15 heteroatoms. The minimum absolute atomic E-state index is 0.133. The summed E-state index contributed by atoms with van der Waals surface area (Å²) in [5.41, 5.74) is 3.14. The molecule has 6 rings (SSSR count). The highest BCUT2D eigenvalue weighted by atomic mass is 16.8. The standard InChI is InChI=1S/C33H38N6O9/c1-5-43-25(40)15-35-32(41)45-17-24-27-28(48-33(2,3)47-27)31(46-24)39-19-38-26-29(36-18-37-30(26)39)34-14-20-6-12-23(13-7-20)44-16-21-8-10-22(42-4)11-9-21/h6-13,18-19,24,27-28,31H,5,14-17H2,1-4H3,(H,35,41)(H,34,36,37)/t24-,27?,28?,31-/m1/s1. The minimum atomic E-state index is -0.893. The number of esters is 1. The smallest absolute Gasteiger partial charge is 0.407 e. The van der Waals surface area contributed by atoms with Gasteiger partial charge in [0.2, 0.25) is 0 Å². The number of anilines is 1. The molecule has 4 atom stereocenters. The molecule has 2 aliphatic rings. The van der Waals surface area contributed by atoms with E-state index >= 15 is 0 Å². The third-order valence-electron chi connectivity index (χ3n) is 7.77. The summed E-state index contributed by atoms with van der Waals surface area (Å²) >= 11 is 0. The predicted molar refractivity (Wildman–Crippen MR) is 170 cm³/mol. The summed E-state index contributed by atoms with van der Waals surface area (Å²) in [5, 5.41) is 5.72. The van der Waals surface area contributed by atoms with Crippen molar-refractivity contribution < 1.29 is 42.7 Å². The number of carbonyl (C=O) groups is 2. The second kappa shape index (κ2) is 14.4. The van der Waals surface area contributed by atoms with Crippen molar-refractivity contribution in [1.29, 1.82) is 0 Å². The lowest BCUT2D eigenvalue weighted by Crippen LogP contribution is -2.37. The number of hydrogen-bond donors (Lipinski definition) is 2. The molecule has 0 radical (unpaired) electrons. The van der Waals surface area contributed by atoms with Crippen LogP contribution in [0.25, 0.3) is 11.2 Å². The van der Waals surface area contributed by atoms with Crippen molar-refractivity contribution in [3.63, 3.8) is 0 Å². The number of methoxy groups -OCH3 is 1. The van der Waals surface area contributed by atoms with Crippen molar-refractivity contribution in [1.82, 2.24) is 24.8 Å². The zero-order chi connectivity index (χ0) is 33.7. The molecule has 4 heterocycles. The lowest BCUT2D eigenvalue weighted by molar-refractivity contribution is -0.199. The van der Waals surface area contributed by atoms with Gasteiger partial charge in [0.05, 0.1) is 20.0 Å². The van der Waals surface area contributed by atoms with Gasteiger partial charge in [-0.2, -0.15) is 0 Å². The van der Waals surface area contributed by atoms with E-state index in [0.29, 0.717) is 30.1 Å². The fraction of sp³-hybridized carbons (Fsp3) is 0.424. The largest absolute Gasteiger partial charge is 0.497 e. The summed E-state index contributed by atoms with van der Waals surface area (Å²) in [7, 11) is 1.64. The Morgan fingerprint density at radius 3 is 2.42 bits per heavy atom. The first-order valence-corrected chi connectivity index (χ1v) is 15.6. The molecule has 0 bridgehead atoms. The fourth-order valence-corrected chi connectivity index (χ4v) is 5.53. The molecular weight excluding hydrogens is 624 g/mol. The molecule has 0 saturated carbocycles. The fourth-order valence-electron chi connectivity index (χ4n) is 5.53. The molecule has 0 aliphatic carbocycles. The number of ether oxygens (including phenoxy) is 7. The van der Waals surface area contributed by atoms with Crippen LogP contribution in [0.2, 0.25) is 0 Å². The van der Waals surface area contributed by atoms with Crippen molar-refractivity contribution in [3.8, 4) is 11.5 Å². The van der Waals surface area contributed by atoms with Crippen molar-refractivity contribution in [2.75, 3.05) is 32.2 Å². The van der Waals surface area contributed by atoms with Crippen molar-refractivity contribution in [2.24, 2.45) is 0 Å². The van der Waals surface area contributed by atoms with E-state index in [-0.39, 0.29) is 19.8 Å². The van der Waals surface area contributed by atoms with E-state index in [4.69, 9.17) is 33.2 Å². The lowest BCUT2D eigenvalue weighted by atomic mass is 10.1.